The van der Waals surface area contributed by atoms with Crippen LogP contribution in [0, 0.1) is 20.8 Å². The summed E-state index contributed by atoms with van der Waals surface area (Å²) in [6.07, 6.45) is 0. The molecule has 35 heavy (non-hydrogen) atoms. The molecule has 9 heteroatoms. The lowest BCUT2D eigenvalue weighted by Gasteiger charge is -2.34. The van der Waals surface area contributed by atoms with Crippen molar-refractivity contribution < 1.29 is 4.79 Å². The Morgan fingerprint density at radius 3 is 2.51 bits per heavy atom. The van der Waals surface area contributed by atoms with Crippen LogP contribution in [0.5, 0.6) is 0 Å². The van der Waals surface area contributed by atoms with Crippen molar-refractivity contribution in [2.24, 2.45) is 0 Å². The van der Waals surface area contributed by atoms with Gasteiger partial charge in [0.1, 0.15) is 5.01 Å². The predicted octanol–water partition coefficient (Wildman–Crippen LogP) is 4.09. The monoisotopic (exact) mass is 488 g/mol. The fourth-order valence-electron chi connectivity index (χ4n) is 4.17. The predicted molar refractivity (Wildman–Crippen MR) is 139 cm³/mol. The van der Waals surface area contributed by atoms with Crippen molar-refractivity contribution in [2.75, 3.05) is 31.5 Å². The van der Waals surface area contributed by atoms with Gasteiger partial charge in [0, 0.05) is 50.0 Å². The van der Waals surface area contributed by atoms with Crippen molar-refractivity contribution in [1.29, 1.82) is 0 Å². The highest BCUT2D eigenvalue weighted by molar-refractivity contribution is 7.19. The average molecular weight is 489 g/mol. The number of hydrogen-bond acceptors (Lipinski definition) is 6. The normalized spacial score (nSPS) is 14.4. The highest BCUT2D eigenvalue weighted by Gasteiger charge is 2.22. The van der Waals surface area contributed by atoms with Gasteiger partial charge < -0.3 is 10.2 Å². The summed E-state index contributed by atoms with van der Waals surface area (Å²) in [5.74, 6) is 0. The van der Waals surface area contributed by atoms with Crippen LogP contribution in [0.15, 0.2) is 53.3 Å². The molecule has 2 aromatic heterocycles. The minimum Gasteiger partial charge on any atom is -0.322 e. The number of urea groups is 1. The molecule has 1 saturated heterocycles. The molecule has 2 amide bonds. The molecule has 0 unspecified atom stereocenters. The molecular formula is C26H28N6O2S. The summed E-state index contributed by atoms with van der Waals surface area (Å²) in [6, 6.07) is 15.5. The van der Waals surface area contributed by atoms with Crippen LogP contribution in [0.2, 0.25) is 0 Å². The summed E-state index contributed by atoms with van der Waals surface area (Å²) < 4.78 is 1.37. The quantitative estimate of drug-likeness (QED) is 0.468. The number of piperazine rings is 1. The lowest BCUT2D eigenvalue weighted by atomic mass is 10.1. The summed E-state index contributed by atoms with van der Waals surface area (Å²) in [5, 5.41) is 8.28. The minimum atomic E-state index is -0.175. The van der Waals surface area contributed by atoms with Crippen LogP contribution < -0.4 is 10.9 Å². The molecule has 1 aliphatic rings. The summed E-state index contributed by atoms with van der Waals surface area (Å²) in [6.45, 7) is 9.34. The Labute approximate surface area is 207 Å². The van der Waals surface area contributed by atoms with Crippen LogP contribution in [0.25, 0.3) is 15.5 Å². The molecule has 180 valence electrons. The molecule has 4 aromatic rings. The number of nitrogens with one attached hydrogen (secondary N) is 1. The molecule has 2 aromatic carbocycles. The van der Waals surface area contributed by atoms with Gasteiger partial charge in [-0.15, -0.1) is 0 Å². The lowest BCUT2D eigenvalue weighted by Crippen LogP contribution is -2.49. The molecular weight excluding hydrogens is 460 g/mol. The first-order valence-electron chi connectivity index (χ1n) is 11.7. The van der Waals surface area contributed by atoms with Crippen LogP contribution in [0.4, 0.5) is 10.5 Å². The Morgan fingerprint density at radius 1 is 1.03 bits per heavy atom. The first-order valence-corrected chi connectivity index (χ1v) is 12.5. The molecule has 0 radical (unpaired) electrons. The molecule has 8 nitrogen and oxygen atoms in total. The Kier molecular flexibility index (Phi) is 6.36. The van der Waals surface area contributed by atoms with Crippen LogP contribution in [0.1, 0.15) is 22.4 Å². The Balaban J connectivity index is 1.23. The Bertz CT molecular complexity index is 1430. The third kappa shape index (κ3) is 4.96. The molecule has 3 heterocycles. The minimum absolute atomic E-state index is 0.0792. The van der Waals surface area contributed by atoms with E-state index in [9.17, 15) is 9.59 Å². The molecule has 1 N–H and O–H groups in total. The van der Waals surface area contributed by atoms with Crippen LogP contribution in [-0.2, 0) is 6.54 Å². The Hall–Kier alpha value is -3.56. The summed E-state index contributed by atoms with van der Waals surface area (Å²) in [4.78, 5) is 34.8. The number of carbonyl (C=O) groups excluding carboxylic acids is 1. The van der Waals surface area contributed by atoms with Gasteiger partial charge in [-0.05, 0) is 38.0 Å². The molecule has 1 fully saturated rings. The second kappa shape index (κ2) is 9.59. The zero-order chi connectivity index (χ0) is 24.5. The van der Waals surface area contributed by atoms with E-state index in [2.05, 4.69) is 15.3 Å². The van der Waals surface area contributed by atoms with E-state index in [4.69, 9.17) is 4.98 Å². The van der Waals surface area contributed by atoms with Gasteiger partial charge in [-0.25, -0.2) is 9.78 Å². The molecule has 5 rings (SSSR count). The van der Waals surface area contributed by atoms with Crippen molar-refractivity contribution >= 4 is 28.0 Å². The molecule has 0 saturated carbocycles. The maximum absolute atomic E-state index is 12.8. The first kappa shape index (κ1) is 23.2. The molecule has 0 aliphatic carbocycles. The van der Waals surface area contributed by atoms with Crippen molar-refractivity contribution in [3.63, 3.8) is 0 Å². The number of aryl methyl sites for hydroxylation is 2. The van der Waals surface area contributed by atoms with Gasteiger partial charge >= 0.3 is 6.03 Å². The van der Waals surface area contributed by atoms with Crippen LogP contribution >= 0.6 is 11.3 Å². The fourth-order valence-corrected chi connectivity index (χ4v) is 5.10. The van der Waals surface area contributed by atoms with Gasteiger partial charge in [-0.3, -0.25) is 9.69 Å². The number of anilines is 1. The van der Waals surface area contributed by atoms with E-state index in [0.717, 1.165) is 46.2 Å². The van der Waals surface area contributed by atoms with Gasteiger partial charge in [0.05, 0.1) is 5.69 Å². The SMILES string of the molecule is Cc1ccc(-c2nn3c(=O)cc(CN4CCN(C(=O)Nc5cccc(C)c5C)CC4)nc3s2)cc1. The molecule has 0 atom stereocenters. The standard InChI is InChI=1S/C26H28N6O2S/c1-17-7-9-20(10-8-17)24-29-32-23(33)15-21(27-26(32)35-24)16-30-11-13-31(14-12-30)25(34)28-22-6-4-5-18(2)19(22)3/h4-10,15H,11-14,16H2,1-3H3,(H,28,34). The zero-order valence-corrected chi connectivity index (χ0v) is 20.9. The molecule has 0 bridgehead atoms. The van der Waals surface area contributed by atoms with E-state index < -0.39 is 0 Å². The first-order chi connectivity index (χ1) is 16.9. The second-order valence-electron chi connectivity index (χ2n) is 8.99. The zero-order valence-electron chi connectivity index (χ0n) is 20.1. The second-order valence-corrected chi connectivity index (χ2v) is 9.95. The van der Waals surface area contributed by atoms with E-state index in [1.165, 1.54) is 21.4 Å². The van der Waals surface area contributed by atoms with E-state index >= 15 is 0 Å². The number of aromatic nitrogens is 3. The van der Waals surface area contributed by atoms with Crippen LogP contribution in [-0.4, -0.2) is 56.6 Å². The highest BCUT2D eigenvalue weighted by atomic mass is 32.1. The average Bonchev–Trinajstić information content (AvgIpc) is 3.28. The highest BCUT2D eigenvalue weighted by Crippen LogP contribution is 2.25. The number of rotatable bonds is 4. The maximum atomic E-state index is 12.8. The molecule has 0 spiro atoms. The number of nitrogens with zero attached hydrogens (tertiary/aromatic N) is 5. The van der Waals surface area contributed by atoms with Gasteiger partial charge in [0.15, 0.2) is 0 Å². The summed E-state index contributed by atoms with van der Waals surface area (Å²) in [7, 11) is 0. The number of carbonyl (C=O) groups is 1. The third-order valence-electron chi connectivity index (χ3n) is 6.49. The Morgan fingerprint density at radius 2 is 1.77 bits per heavy atom. The van der Waals surface area contributed by atoms with Crippen molar-refractivity contribution in [3.8, 4) is 10.6 Å². The number of benzene rings is 2. The number of amides is 2. The maximum Gasteiger partial charge on any atom is 0.321 e. The van der Waals surface area contributed by atoms with E-state index in [1.54, 1.807) is 6.07 Å². The van der Waals surface area contributed by atoms with Gasteiger partial charge in [-0.2, -0.15) is 9.61 Å². The molecule has 1 aliphatic heterocycles. The van der Waals surface area contributed by atoms with Crippen LogP contribution in [0.3, 0.4) is 0 Å². The smallest absolute Gasteiger partial charge is 0.321 e. The van der Waals surface area contributed by atoms with Crippen molar-refractivity contribution in [1.82, 2.24) is 24.4 Å². The van der Waals surface area contributed by atoms with Crippen molar-refractivity contribution in [2.45, 2.75) is 27.3 Å². The van der Waals surface area contributed by atoms with Gasteiger partial charge in [0.2, 0.25) is 4.96 Å². The number of fused-ring (bicyclic) bond motifs is 1. The van der Waals surface area contributed by atoms with Gasteiger partial charge in [-0.1, -0.05) is 53.3 Å². The fraction of sp³-hybridized carbons (Fsp3) is 0.308. The van der Waals surface area contributed by atoms with E-state index in [-0.39, 0.29) is 11.6 Å². The van der Waals surface area contributed by atoms with E-state index in [0.29, 0.717) is 24.6 Å². The van der Waals surface area contributed by atoms with Crippen molar-refractivity contribution in [3.05, 3.63) is 81.3 Å². The topological polar surface area (TPSA) is 82.8 Å². The summed E-state index contributed by atoms with van der Waals surface area (Å²) in [5.41, 5.74) is 5.79. The van der Waals surface area contributed by atoms with Gasteiger partial charge in [0.25, 0.3) is 5.56 Å². The number of hydrogen-bond donors (Lipinski definition) is 1. The summed E-state index contributed by atoms with van der Waals surface area (Å²) >= 11 is 1.41. The third-order valence-corrected chi connectivity index (χ3v) is 7.45. The lowest BCUT2D eigenvalue weighted by molar-refractivity contribution is 0.142. The largest absolute Gasteiger partial charge is 0.322 e. The van der Waals surface area contributed by atoms with E-state index in [1.807, 2.05) is 68.1 Å².